The molecule has 0 saturated heterocycles. The molecule has 0 saturated carbocycles. The van der Waals surface area contributed by atoms with Crippen LogP contribution in [0.25, 0.3) is 0 Å². The smallest absolute Gasteiger partial charge is 0.445 e. The van der Waals surface area contributed by atoms with Gasteiger partial charge in [0, 0.05) is 0 Å². The Balaban J connectivity index is 3.82. The molecule has 0 aliphatic rings. The van der Waals surface area contributed by atoms with Crippen molar-refractivity contribution in [1.29, 1.82) is 0 Å². The average molecular weight is 149 g/mol. The van der Waals surface area contributed by atoms with Crippen molar-refractivity contribution in [2.45, 2.75) is 6.92 Å². The third kappa shape index (κ3) is 2.27. The predicted octanol–water partition coefficient (Wildman–Crippen LogP) is -0.490. The molecule has 10 heavy (non-hydrogen) atoms. The fourth-order valence-corrected chi connectivity index (χ4v) is 0.256. The number of hydrogen-bond donors (Lipinski definition) is 1. The maximum Gasteiger partial charge on any atom is 0.484 e. The summed E-state index contributed by atoms with van der Waals surface area (Å²) < 4.78 is 4.19. The summed E-state index contributed by atoms with van der Waals surface area (Å²) >= 11 is 0. The van der Waals surface area contributed by atoms with Gasteiger partial charge in [0.15, 0.2) is 5.03 Å². The lowest BCUT2D eigenvalue weighted by Gasteiger charge is -2.03. The summed E-state index contributed by atoms with van der Waals surface area (Å²) in [7, 11) is 0. The second-order valence-electron chi connectivity index (χ2n) is 1.28. The van der Waals surface area contributed by atoms with Crippen LogP contribution in [-0.4, -0.2) is 22.9 Å². The molecule has 1 amide bonds. The van der Waals surface area contributed by atoms with Crippen LogP contribution in [0.2, 0.25) is 0 Å². The Hall–Kier alpha value is -1.37. The zero-order valence-electron chi connectivity index (χ0n) is 5.31. The molecule has 7 heteroatoms. The summed E-state index contributed by atoms with van der Waals surface area (Å²) in [5, 5.41) is 8.43. The molecular formula is C3H7N3O4. The first-order valence-corrected chi connectivity index (χ1v) is 2.45. The number of nitro groups is 1. The fourth-order valence-electron chi connectivity index (χ4n) is 0.256. The Morgan fingerprint density at radius 2 is 2.40 bits per heavy atom. The van der Waals surface area contributed by atoms with E-state index in [0.29, 0.717) is 0 Å². The molecular weight excluding hydrogens is 142 g/mol. The van der Waals surface area contributed by atoms with Crippen LogP contribution in [0, 0.1) is 10.1 Å². The number of carbonyl (C=O) groups is 1. The van der Waals surface area contributed by atoms with Crippen LogP contribution in [0.5, 0.6) is 0 Å². The van der Waals surface area contributed by atoms with Crippen molar-refractivity contribution in [3.63, 3.8) is 0 Å². The molecule has 0 fully saturated rings. The van der Waals surface area contributed by atoms with Gasteiger partial charge in [0.2, 0.25) is 0 Å². The molecule has 0 aliphatic carbocycles. The lowest BCUT2D eigenvalue weighted by molar-refractivity contribution is -0.638. The van der Waals surface area contributed by atoms with Gasteiger partial charge in [-0.25, -0.2) is 14.9 Å². The number of hydrazine groups is 2. The van der Waals surface area contributed by atoms with Gasteiger partial charge >= 0.3 is 6.09 Å². The molecule has 0 rings (SSSR count). The monoisotopic (exact) mass is 149 g/mol. The summed E-state index contributed by atoms with van der Waals surface area (Å²) in [6, 6.07) is 0. The number of hydrogen-bond acceptors (Lipinski definition) is 5. The topological polar surface area (TPSA) is 98.7 Å². The largest absolute Gasteiger partial charge is 0.484 e. The summed E-state index contributed by atoms with van der Waals surface area (Å²) in [4.78, 5) is 20.0. The number of nitrogens with two attached hydrogens (primary N) is 1. The van der Waals surface area contributed by atoms with Crippen LogP contribution in [0.15, 0.2) is 0 Å². The number of nitrogens with zero attached hydrogens (tertiary/aromatic N) is 2. The van der Waals surface area contributed by atoms with E-state index in [1.165, 1.54) is 6.92 Å². The van der Waals surface area contributed by atoms with Gasteiger partial charge < -0.3 is 4.74 Å². The van der Waals surface area contributed by atoms with E-state index in [0.717, 1.165) is 0 Å². The summed E-state index contributed by atoms with van der Waals surface area (Å²) in [6.45, 7) is 1.58. The molecule has 0 aliphatic heterocycles. The highest BCUT2D eigenvalue weighted by molar-refractivity contribution is 5.65. The second-order valence-corrected chi connectivity index (χ2v) is 1.28. The molecule has 0 radical (unpaired) electrons. The molecule has 0 unspecified atom stereocenters. The number of amides is 1. The van der Waals surface area contributed by atoms with Gasteiger partial charge in [-0.05, 0) is 6.92 Å². The van der Waals surface area contributed by atoms with Crippen LogP contribution < -0.4 is 5.84 Å². The minimum absolute atomic E-state index is 0.0559. The zero-order chi connectivity index (χ0) is 8.15. The van der Waals surface area contributed by atoms with Gasteiger partial charge in [0.25, 0.3) is 0 Å². The maximum absolute atomic E-state index is 10.3. The first-order valence-electron chi connectivity index (χ1n) is 2.45. The van der Waals surface area contributed by atoms with E-state index in [1.54, 1.807) is 0 Å². The predicted molar refractivity (Wildman–Crippen MR) is 30.0 cm³/mol. The lowest BCUT2D eigenvalue weighted by atomic mass is 10.9. The van der Waals surface area contributed by atoms with E-state index < -0.39 is 11.1 Å². The highest BCUT2D eigenvalue weighted by Crippen LogP contribution is 1.85. The SMILES string of the molecule is CCOC(=O)N(N)[N+](=O)[O-]. The normalized spacial score (nSPS) is 8.60. The molecule has 0 spiro atoms. The Morgan fingerprint density at radius 1 is 1.90 bits per heavy atom. The van der Waals surface area contributed by atoms with Crippen molar-refractivity contribution < 1.29 is 14.6 Å². The molecule has 0 aromatic carbocycles. The van der Waals surface area contributed by atoms with E-state index in [1.807, 2.05) is 0 Å². The van der Waals surface area contributed by atoms with Crippen LogP contribution in [-0.2, 0) is 4.74 Å². The Labute approximate surface area is 56.4 Å². The maximum atomic E-state index is 10.3. The molecule has 58 valence electrons. The van der Waals surface area contributed by atoms with E-state index in [9.17, 15) is 14.9 Å². The van der Waals surface area contributed by atoms with Crippen molar-refractivity contribution in [1.82, 2.24) is 5.12 Å². The van der Waals surface area contributed by atoms with Gasteiger partial charge in [-0.1, -0.05) is 0 Å². The number of carbonyl (C=O) groups excluding carboxylic acids is 1. The molecule has 0 atom stereocenters. The molecule has 0 heterocycles. The fraction of sp³-hybridized carbons (Fsp3) is 0.667. The van der Waals surface area contributed by atoms with Crippen molar-refractivity contribution in [2.75, 3.05) is 6.61 Å². The van der Waals surface area contributed by atoms with Gasteiger partial charge in [0.05, 0.1) is 11.7 Å². The molecule has 7 nitrogen and oxygen atoms in total. The third-order valence-electron chi connectivity index (χ3n) is 0.631. The number of rotatable bonds is 2. The van der Waals surface area contributed by atoms with Crippen LogP contribution >= 0.6 is 0 Å². The third-order valence-corrected chi connectivity index (χ3v) is 0.631. The van der Waals surface area contributed by atoms with Crippen molar-refractivity contribution in [3.8, 4) is 0 Å². The Kier molecular flexibility index (Phi) is 3.12. The van der Waals surface area contributed by atoms with Gasteiger partial charge in [0.1, 0.15) is 0 Å². The average Bonchev–Trinajstić information content (AvgIpc) is 1.87. The Morgan fingerprint density at radius 3 is 2.70 bits per heavy atom. The molecule has 0 aromatic heterocycles. The molecule has 2 N–H and O–H groups in total. The van der Waals surface area contributed by atoms with Crippen LogP contribution in [0.4, 0.5) is 4.79 Å². The Bertz CT molecular complexity index is 147. The minimum atomic E-state index is -1.17. The van der Waals surface area contributed by atoms with Gasteiger partial charge in [-0.3, -0.25) is 0 Å². The van der Waals surface area contributed by atoms with E-state index >= 15 is 0 Å². The molecule has 0 aromatic rings. The first kappa shape index (κ1) is 8.63. The van der Waals surface area contributed by atoms with E-state index in [-0.39, 0.29) is 11.7 Å². The first-order chi connectivity index (χ1) is 4.59. The quantitative estimate of drug-likeness (QED) is 0.247. The standard InChI is InChI=1S/C3H7N3O4/c1-2-10-3(7)5(4)6(8)9/h2,4H2,1H3. The van der Waals surface area contributed by atoms with Crippen LogP contribution in [0.3, 0.4) is 0 Å². The summed E-state index contributed by atoms with van der Waals surface area (Å²) in [6.07, 6.45) is -1.17. The summed E-state index contributed by atoms with van der Waals surface area (Å²) in [5.41, 5.74) is 0. The highest BCUT2D eigenvalue weighted by Gasteiger charge is 2.20. The van der Waals surface area contributed by atoms with E-state index in [2.05, 4.69) is 10.6 Å². The highest BCUT2D eigenvalue weighted by atomic mass is 16.7. The van der Waals surface area contributed by atoms with Crippen molar-refractivity contribution in [3.05, 3.63) is 10.1 Å². The summed E-state index contributed by atoms with van der Waals surface area (Å²) in [5.74, 6) is 4.61. The zero-order valence-corrected chi connectivity index (χ0v) is 5.31. The van der Waals surface area contributed by atoms with E-state index in [4.69, 9.17) is 0 Å². The van der Waals surface area contributed by atoms with Gasteiger partial charge in [-0.15, -0.1) is 0 Å². The van der Waals surface area contributed by atoms with Crippen LogP contribution in [0.1, 0.15) is 6.92 Å². The second kappa shape index (κ2) is 3.62. The van der Waals surface area contributed by atoms with Gasteiger partial charge in [-0.2, -0.15) is 5.84 Å². The minimum Gasteiger partial charge on any atom is -0.445 e. The number of ether oxygens (including phenoxy) is 1. The molecule has 0 bridgehead atoms. The van der Waals surface area contributed by atoms with Crippen molar-refractivity contribution in [2.24, 2.45) is 5.84 Å². The lowest BCUT2D eigenvalue weighted by Crippen LogP contribution is -2.42. The van der Waals surface area contributed by atoms with Crippen molar-refractivity contribution >= 4 is 6.09 Å².